The lowest BCUT2D eigenvalue weighted by atomic mass is 9.84. The summed E-state index contributed by atoms with van der Waals surface area (Å²) in [6.45, 7) is 8.59. The van der Waals surface area contributed by atoms with Crippen molar-refractivity contribution in [2.24, 2.45) is 17.8 Å². The normalized spacial score (nSPS) is 26.3. The topological polar surface area (TPSA) is 49.0 Å². The van der Waals surface area contributed by atoms with Crippen LogP contribution in [0, 0.1) is 24.7 Å². The molecule has 2 aromatic rings. The summed E-state index contributed by atoms with van der Waals surface area (Å²) in [7, 11) is 0. The molecular weight excluding hydrogens is 370 g/mol. The Balaban J connectivity index is 1.52. The van der Waals surface area contributed by atoms with E-state index in [9.17, 15) is 4.79 Å². The molecule has 4 heteroatoms. The van der Waals surface area contributed by atoms with Gasteiger partial charge in [0, 0.05) is 23.2 Å². The summed E-state index contributed by atoms with van der Waals surface area (Å²) < 4.78 is 0. The molecular formula is C26H35N3O. The van der Waals surface area contributed by atoms with Crippen LogP contribution in [0.25, 0.3) is 11.3 Å². The van der Waals surface area contributed by atoms with Gasteiger partial charge in [-0.25, -0.2) is 4.98 Å². The minimum atomic E-state index is 0.0569. The first kappa shape index (κ1) is 19.8. The molecule has 1 N–H and O–H groups in total. The number of benzene rings is 1. The van der Waals surface area contributed by atoms with Gasteiger partial charge in [0.2, 0.25) is 5.91 Å². The maximum atomic E-state index is 13.6. The number of carbonyl (C=O) groups is 1. The van der Waals surface area contributed by atoms with E-state index in [2.05, 4.69) is 55.8 Å². The number of carbonyl (C=O) groups excluding carboxylic acids is 1. The van der Waals surface area contributed by atoms with Crippen LogP contribution >= 0.6 is 0 Å². The van der Waals surface area contributed by atoms with Crippen molar-refractivity contribution in [3.05, 3.63) is 40.8 Å². The van der Waals surface area contributed by atoms with Gasteiger partial charge in [-0.2, -0.15) is 0 Å². The molecule has 2 fully saturated rings. The van der Waals surface area contributed by atoms with Gasteiger partial charge in [0.15, 0.2) is 0 Å². The summed E-state index contributed by atoms with van der Waals surface area (Å²) in [6, 6.07) is 7.22. The number of amides is 1. The Morgan fingerprint density at radius 3 is 2.77 bits per heavy atom. The van der Waals surface area contributed by atoms with E-state index in [0.29, 0.717) is 23.8 Å². The van der Waals surface area contributed by atoms with Gasteiger partial charge in [-0.1, -0.05) is 57.4 Å². The highest BCUT2D eigenvalue weighted by Gasteiger charge is 2.47. The number of rotatable bonds is 3. The standard InChI is InChI=1S/C26H35N3O/c1-15(2)17(4)26(30)29-22-8-6-5-7-19(22)14-23(29)25-27-21-12-10-18-13-16(3)9-11-20(18)24(21)28-25/h9,11,13,15,17,19,22-23H,5-8,10,12,14H2,1-4H3,(H,27,28)/t17-,19-,22-,23-/m0/s1. The van der Waals surface area contributed by atoms with Crippen LogP contribution in [0.1, 0.15) is 81.6 Å². The minimum absolute atomic E-state index is 0.0569. The van der Waals surface area contributed by atoms with Gasteiger partial charge in [-0.05, 0) is 56.4 Å². The highest BCUT2D eigenvalue weighted by molar-refractivity contribution is 5.80. The number of aromatic nitrogens is 2. The molecule has 1 saturated heterocycles. The van der Waals surface area contributed by atoms with Crippen LogP contribution in [0.3, 0.4) is 0 Å². The second-order valence-corrected chi connectivity index (χ2v) is 10.3. The first-order valence-corrected chi connectivity index (χ1v) is 11.9. The van der Waals surface area contributed by atoms with Gasteiger partial charge in [0.1, 0.15) is 5.82 Å². The zero-order valence-corrected chi connectivity index (χ0v) is 18.9. The predicted octanol–water partition coefficient (Wildman–Crippen LogP) is 5.61. The van der Waals surface area contributed by atoms with Crippen molar-refractivity contribution in [1.82, 2.24) is 14.9 Å². The van der Waals surface area contributed by atoms with Gasteiger partial charge < -0.3 is 9.88 Å². The number of imidazole rings is 1. The number of fused-ring (bicyclic) bond motifs is 4. The van der Waals surface area contributed by atoms with E-state index < -0.39 is 0 Å². The first-order valence-electron chi connectivity index (χ1n) is 11.9. The summed E-state index contributed by atoms with van der Waals surface area (Å²) in [5, 5.41) is 0. The van der Waals surface area contributed by atoms with E-state index in [1.807, 2.05) is 0 Å². The smallest absolute Gasteiger partial charge is 0.226 e. The van der Waals surface area contributed by atoms with Gasteiger partial charge >= 0.3 is 0 Å². The van der Waals surface area contributed by atoms with Gasteiger partial charge in [0.25, 0.3) is 0 Å². The van der Waals surface area contributed by atoms with Crippen molar-refractivity contribution < 1.29 is 4.79 Å². The number of nitrogens with zero attached hydrogens (tertiary/aromatic N) is 2. The van der Waals surface area contributed by atoms with E-state index in [0.717, 1.165) is 37.2 Å². The maximum absolute atomic E-state index is 13.6. The summed E-state index contributed by atoms with van der Waals surface area (Å²) in [5.74, 6) is 2.40. The molecule has 1 aromatic carbocycles. The molecule has 4 nitrogen and oxygen atoms in total. The average Bonchev–Trinajstić information content (AvgIpc) is 3.33. The summed E-state index contributed by atoms with van der Waals surface area (Å²) in [5.41, 5.74) is 6.36. The highest BCUT2D eigenvalue weighted by atomic mass is 16.2. The Bertz CT molecular complexity index is 959. The lowest BCUT2D eigenvalue weighted by Crippen LogP contribution is -2.44. The Labute approximate surface area is 180 Å². The number of hydrogen-bond acceptors (Lipinski definition) is 2. The van der Waals surface area contributed by atoms with Gasteiger partial charge in [-0.15, -0.1) is 0 Å². The van der Waals surface area contributed by atoms with Crippen LogP contribution in [-0.2, 0) is 17.6 Å². The van der Waals surface area contributed by atoms with Crippen LogP contribution in [0.2, 0.25) is 0 Å². The monoisotopic (exact) mass is 405 g/mol. The Kier molecular flexibility index (Phi) is 4.99. The van der Waals surface area contributed by atoms with Crippen LogP contribution in [0.5, 0.6) is 0 Å². The third-order valence-corrected chi connectivity index (χ3v) is 8.00. The summed E-state index contributed by atoms with van der Waals surface area (Å²) >= 11 is 0. The molecule has 0 bridgehead atoms. The molecule has 0 radical (unpaired) electrons. The fourth-order valence-electron chi connectivity index (χ4n) is 5.95. The fraction of sp³-hybridized carbons (Fsp3) is 0.615. The molecule has 1 amide bonds. The Morgan fingerprint density at radius 2 is 1.97 bits per heavy atom. The average molecular weight is 406 g/mol. The number of H-pyrrole nitrogens is 1. The number of aryl methyl sites for hydroxylation is 3. The largest absolute Gasteiger partial charge is 0.344 e. The molecule has 30 heavy (non-hydrogen) atoms. The van der Waals surface area contributed by atoms with Crippen LogP contribution in [-0.4, -0.2) is 26.8 Å². The molecule has 1 saturated carbocycles. The first-order chi connectivity index (χ1) is 14.4. The molecule has 0 spiro atoms. The fourth-order valence-corrected chi connectivity index (χ4v) is 5.95. The van der Waals surface area contributed by atoms with Crippen LogP contribution in [0.4, 0.5) is 0 Å². The highest BCUT2D eigenvalue weighted by Crippen LogP contribution is 2.47. The lowest BCUT2D eigenvalue weighted by Gasteiger charge is -2.36. The maximum Gasteiger partial charge on any atom is 0.226 e. The molecule has 3 aliphatic rings. The number of aromatic amines is 1. The number of likely N-dealkylation sites (tertiary alicyclic amines) is 1. The third kappa shape index (κ3) is 3.19. The van der Waals surface area contributed by atoms with Crippen molar-refractivity contribution in [3.8, 4) is 11.3 Å². The van der Waals surface area contributed by atoms with Crippen LogP contribution in [0.15, 0.2) is 18.2 Å². The van der Waals surface area contributed by atoms with Crippen molar-refractivity contribution in [3.63, 3.8) is 0 Å². The molecule has 1 aromatic heterocycles. The van der Waals surface area contributed by atoms with Gasteiger partial charge in [0.05, 0.1) is 11.7 Å². The van der Waals surface area contributed by atoms with E-state index in [1.54, 1.807) is 0 Å². The minimum Gasteiger partial charge on any atom is -0.344 e. The third-order valence-electron chi connectivity index (χ3n) is 8.00. The molecule has 0 unspecified atom stereocenters. The van der Waals surface area contributed by atoms with Crippen LogP contribution < -0.4 is 0 Å². The number of nitrogens with one attached hydrogen (secondary N) is 1. The summed E-state index contributed by atoms with van der Waals surface area (Å²) in [4.78, 5) is 24.7. The number of hydrogen-bond donors (Lipinski definition) is 1. The molecule has 4 atom stereocenters. The second kappa shape index (κ2) is 7.55. The Hall–Kier alpha value is -2.10. The second-order valence-electron chi connectivity index (χ2n) is 10.3. The van der Waals surface area contributed by atoms with E-state index in [-0.39, 0.29) is 12.0 Å². The Morgan fingerprint density at radius 1 is 1.17 bits per heavy atom. The molecule has 160 valence electrons. The molecule has 5 rings (SSSR count). The molecule has 2 heterocycles. The summed E-state index contributed by atoms with van der Waals surface area (Å²) in [6.07, 6.45) is 8.09. The molecule has 2 aliphatic carbocycles. The van der Waals surface area contributed by atoms with Crippen molar-refractivity contribution in [2.75, 3.05) is 0 Å². The zero-order valence-electron chi connectivity index (χ0n) is 18.9. The quantitative estimate of drug-likeness (QED) is 0.722. The predicted molar refractivity (Wildman–Crippen MR) is 120 cm³/mol. The van der Waals surface area contributed by atoms with Crippen molar-refractivity contribution >= 4 is 5.91 Å². The van der Waals surface area contributed by atoms with Crippen molar-refractivity contribution in [2.45, 2.75) is 84.7 Å². The van der Waals surface area contributed by atoms with E-state index >= 15 is 0 Å². The SMILES string of the molecule is Cc1ccc2c(c1)CCc1[nH]c([C@@H]3C[C@@H]4CCCC[C@@H]4N3C(=O)[C@@H](C)C(C)C)nc1-2. The molecule has 1 aliphatic heterocycles. The van der Waals surface area contributed by atoms with E-state index in [4.69, 9.17) is 4.98 Å². The van der Waals surface area contributed by atoms with E-state index in [1.165, 1.54) is 41.6 Å². The van der Waals surface area contributed by atoms with Crippen molar-refractivity contribution in [1.29, 1.82) is 0 Å². The van der Waals surface area contributed by atoms with Gasteiger partial charge in [-0.3, -0.25) is 4.79 Å². The lowest BCUT2D eigenvalue weighted by molar-refractivity contribution is -0.140. The zero-order chi connectivity index (χ0) is 21.0.